The third-order valence-corrected chi connectivity index (χ3v) is 3.87. The summed E-state index contributed by atoms with van der Waals surface area (Å²) in [6, 6.07) is 11.3. The zero-order valence-corrected chi connectivity index (χ0v) is 15.3. The van der Waals surface area contributed by atoms with Crippen molar-refractivity contribution in [3.8, 4) is 5.75 Å². The zero-order valence-electron chi connectivity index (χ0n) is 13.0. The Bertz CT molecular complexity index is 751. The number of carbonyl (C=O) groups is 2. The Kier molecular flexibility index (Phi) is 7.37. The van der Waals surface area contributed by atoms with E-state index in [0.29, 0.717) is 26.4 Å². The van der Waals surface area contributed by atoms with Gasteiger partial charge in [0.2, 0.25) is 0 Å². The van der Waals surface area contributed by atoms with Crippen LogP contribution in [0, 0.1) is 0 Å². The topological polar surface area (TPSA) is 67.4 Å². The fourth-order valence-electron chi connectivity index (χ4n) is 1.87. The molecule has 0 atom stereocenters. The van der Waals surface area contributed by atoms with Gasteiger partial charge in [-0.15, -0.1) is 0 Å². The standard InChI is InChI=1S/C17H15Cl3N2O3/c18-12-3-1-11(2-4-12)17(24)22-8-7-21-16(23)10-25-15-6-5-13(19)9-14(15)20/h1-6,9H,7-8,10H2,(H,21,23)(H,22,24). The molecule has 0 aliphatic rings. The molecule has 132 valence electrons. The molecule has 0 bridgehead atoms. The molecule has 25 heavy (non-hydrogen) atoms. The third kappa shape index (κ3) is 6.46. The monoisotopic (exact) mass is 400 g/mol. The van der Waals surface area contributed by atoms with Crippen LogP contribution in [0.2, 0.25) is 15.1 Å². The van der Waals surface area contributed by atoms with E-state index in [-0.39, 0.29) is 31.5 Å². The Labute approximate surface area is 160 Å². The molecule has 0 spiro atoms. The summed E-state index contributed by atoms with van der Waals surface area (Å²) in [5, 5.41) is 6.69. The van der Waals surface area contributed by atoms with Crippen LogP contribution in [0.1, 0.15) is 10.4 Å². The van der Waals surface area contributed by atoms with E-state index < -0.39 is 0 Å². The van der Waals surface area contributed by atoms with E-state index in [0.717, 1.165) is 0 Å². The Morgan fingerprint density at radius 1 is 0.880 bits per heavy atom. The maximum atomic E-state index is 11.9. The third-order valence-electron chi connectivity index (χ3n) is 3.09. The summed E-state index contributed by atoms with van der Waals surface area (Å²) in [4.78, 5) is 23.6. The number of hydrogen-bond acceptors (Lipinski definition) is 3. The summed E-state index contributed by atoms with van der Waals surface area (Å²) in [5.74, 6) is -0.195. The molecule has 0 unspecified atom stereocenters. The average Bonchev–Trinajstić information content (AvgIpc) is 2.58. The van der Waals surface area contributed by atoms with Gasteiger partial charge in [-0.25, -0.2) is 0 Å². The lowest BCUT2D eigenvalue weighted by molar-refractivity contribution is -0.123. The lowest BCUT2D eigenvalue weighted by Crippen LogP contribution is -2.36. The van der Waals surface area contributed by atoms with Crippen LogP contribution in [0.25, 0.3) is 0 Å². The van der Waals surface area contributed by atoms with Crippen molar-refractivity contribution in [2.75, 3.05) is 19.7 Å². The first-order valence-electron chi connectivity index (χ1n) is 7.34. The van der Waals surface area contributed by atoms with Gasteiger partial charge in [0.15, 0.2) is 6.61 Å². The van der Waals surface area contributed by atoms with E-state index in [1.54, 1.807) is 36.4 Å². The summed E-state index contributed by atoms with van der Waals surface area (Å²) < 4.78 is 5.31. The molecule has 2 N–H and O–H groups in total. The molecule has 0 aromatic heterocycles. The number of amides is 2. The van der Waals surface area contributed by atoms with Crippen molar-refractivity contribution in [2.45, 2.75) is 0 Å². The Morgan fingerprint density at radius 3 is 2.20 bits per heavy atom. The summed E-state index contributed by atoms with van der Waals surface area (Å²) in [6.45, 7) is 0.372. The predicted octanol–water partition coefficient (Wildman–Crippen LogP) is 3.57. The molecular weight excluding hydrogens is 387 g/mol. The molecule has 0 heterocycles. The molecule has 0 saturated carbocycles. The van der Waals surface area contributed by atoms with E-state index in [2.05, 4.69) is 10.6 Å². The minimum atomic E-state index is -0.327. The predicted molar refractivity (Wildman–Crippen MR) is 98.8 cm³/mol. The van der Waals surface area contributed by atoms with Gasteiger partial charge in [-0.2, -0.15) is 0 Å². The normalized spacial score (nSPS) is 10.2. The second kappa shape index (κ2) is 9.51. The summed E-state index contributed by atoms with van der Waals surface area (Å²) >= 11 is 17.5. The van der Waals surface area contributed by atoms with Crippen LogP contribution in [-0.2, 0) is 4.79 Å². The van der Waals surface area contributed by atoms with Crippen LogP contribution in [-0.4, -0.2) is 31.5 Å². The molecule has 8 heteroatoms. The Hall–Kier alpha value is -1.95. The number of carbonyl (C=O) groups excluding carboxylic acids is 2. The van der Waals surface area contributed by atoms with Crippen molar-refractivity contribution in [1.29, 1.82) is 0 Å². The molecule has 0 aliphatic heterocycles. The minimum Gasteiger partial charge on any atom is -0.482 e. The molecule has 0 saturated heterocycles. The average molecular weight is 402 g/mol. The van der Waals surface area contributed by atoms with Crippen molar-refractivity contribution in [3.05, 3.63) is 63.1 Å². The maximum absolute atomic E-state index is 11.9. The van der Waals surface area contributed by atoms with Gasteiger partial charge < -0.3 is 15.4 Å². The van der Waals surface area contributed by atoms with Gasteiger partial charge >= 0.3 is 0 Å². The second-order valence-electron chi connectivity index (χ2n) is 4.98. The molecule has 2 amide bonds. The van der Waals surface area contributed by atoms with Crippen molar-refractivity contribution in [3.63, 3.8) is 0 Å². The summed E-state index contributed by atoms with van der Waals surface area (Å²) in [5.41, 5.74) is 0.497. The zero-order chi connectivity index (χ0) is 18.2. The van der Waals surface area contributed by atoms with Crippen LogP contribution < -0.4 is 15.4 Å². The molecule has 0 aliphatic carbocycles. The highest BCUT2D eigenvalue weighted by Crippen LogP contribution is 2.27. The van der Waals surface area contributed by atoms with Crippen molar-refractivity contribution < 1.29 is 14.3 Å². The fourth-order valence-corrected chi connectivity index (χ4v) is 2.46. The highest BCUT2D eigenvalue weighted by Gasteiger charge is 2.07. The fraction of sp³-hybridized carbons (Fsp3) is 0.176. The highest BCUT2D eigenvalue weighted by atomic mass is 35.5. The SMILES string of the molecule is O=C(COc1ccc(Cl)cc1Cl)NCCNC(=O)c1ccc(Cl)cc1. The summed E-state index contributed by atoms with van der Waals surface area (Å²) in [6.07, 6.45) is 0. The molecule has 2 aromatic carbocycles. The van der Waals surface area contributed by atoms with Crippen molar-refractivity contribution in [2.24, 2.45) is 0 Å². The maximum Gasteiger partial charge on any atom is 0.258 e. The number of rotatable bonds is 7. The Morgan fingerprint density at radius 2 is 1.52 bits per heavy atom. The molecular formula is C17H15Cl3N2O3. The van der Waals surface area contributed by atoms with E-state index in [1.807, 2.05) is 0 Å². The number of hydrogen-bond donors (Lipinski definition) is 2. The van der Waals surface area contributed by atoms with E-state index >= 15 is 0 Å². The lowest BCUT2D eigenvalue weighted by atomic mass is 10.2. The van der Waals surface area contributed by atoms with Crippen LogP contribution in [0.15, 0.2) is 42.5 Å². The smallest absolute Gasteiger partial charge is 0.258 e. The highest BCUT2D eigenvalue weighted by molar-refractivity contribution is 6.35. The van der Waals surface area contributed by atoms with Gasteiger partial charge in [-0.3, -0.25) is 9.59 Å². The quantitative estimate of drug-likeness (QED) is 0.697. The number of ether oxygens (including phenoxy) is 1. The molecule has 0 fully saturated rings. The number of nitrogens with one attached hydrogen (secondary N) is 2. The number of benzene rings is 2. The van der Waals surface area contributed by atoms with Crippen LogP contribution in [0.4, 0.5) is 0 Å². The van der Waals surface area contributed by atoms with Gasteiger partial charge in [0.1, 0.15) is 5.75 Å². The van der Waals surface area contributed by atoms with Crippen LogP contribution >= 0.6 is 34.8 Å². The molecule has 0 radical (unpaired) electrons. The van der Waals surface area contributed by atoms with Gasteiger partial charge in [-0.1, -0.05) is 34.8 Å². The van der Waals surface area contributed by atoms with E-state index in [9.17, 15) is 9.59 Å². The minimum absolute atomic E-state index is 0.188. The van der Waals surface area contributed by atoms with Crippen LogP contribution in [0.5, 0.6) is 5.75 Å². The Balaban J connectivity index is 1.66. The van der Waals surface area contributed by atoms with Gasteiger partial charge in [0, 0.05) is 28.7 Å². The molecule has 2 rings (SSSR count). The largest absolute Gasteiger partial charge is 0.482 e. The van der Waals surface area contributed by atoms with E-state index in [1.165, 1.54) is 6.07 Å². The van der Waals surface area contributed by atoms with Gasteiger partial charge in [-0.05, 0) is 42.5 Å². The molecule has 2 aromatic rings. The first-order chi connectivity index (χ1) is 12.0. The van der Waals surface area contributed by atoms with Crippen LogP contribution in [0.3, 0.4) is 0 Å². The second-order valence-corrected chi connectivity index (χ2v) is 6.26. The number of halogens is 3. The molecule has 5 nitrogen and oxygen atoms in total. The van der Waals surface area contributed by atoms with E-state index in [4.69, 9.17) is 39.5 Å². The van der Waals surface area contributed by atoms with Gasteiger partial charge in [0.25, 0.3) is 11.8 Å². The van der Waals surface area contributed by atoms with Crippen molar-refractivity contribution in [1.82, 2.24) is 10.6 Å². The summed E-state index contributed by atoms with van der Waals surface area (Å²) in [7, 11) is 0. The first-order valence-corrected chi connectivity index (χ1v) is 8.47. The van der Waals surface area contributed by atoms with Crippen molar-refractivity contribution >= 4 is 46.6 Å². The first kappa shape index (κ1) is 19.4. The lowest BCUT2D eigenvalue weighted by Gasteiger charge is -2.09. The van der Waals surface area contributed by atoms with Gasteiger partial charge in [0.05, 0.1) is 5.02 Å².